The molecule has 1 N–H and O–H groups in total. The number of hydrogen-bond donors (Lipinski definition) is 1. The molecule has 122 valence electrons. The molecule has 1 heterocycles. The van der Waals surface area contributed by atoms with Crippen molar-refractivity contribution in [1.82, 2.24) is 15.1 Å². The number of amides is 1. The Kier molecular flexibility index (Phi) is 6.94. The van der Waals surface area contributed by atoms with Crippen molar-refractivity contribution >= 4 is 21.7 Å². The average Bonchev–Trinajstić information content (AvgIpc) is 2.41. The molecular formula is C13H26N4O3S. The monoisotopic (exact) mass is 318 g/mol. The Morgan fingerprint density at radius 3 is 2.24 bits per heavy atom. The van der Waals surface area contributed by atoms with Crippen molar-refractivity contribution in [2.75, 3.05) is 51.3 Å². The van der Waals surface area contributed by atoms with Gasteiger partial charge in [-0.1, -0.05) is 0 Å². The van der Waals surface area contributed by atoms with E-state index < -0.39 is 9.84 Å². The molecule has 0 aliphatic carbocycles. The maximum atomic E-state index is 11.3. The second kappa shape index (κ2) is 8.21. The molecule has 0 aromatic rings. The number of piperazine rings is 1. The number of sulfone groups is 1. The van der Waals surface area contributed by atoms with Crippen LogP contribution in [0.2, 0.25) is 0 Å². The quantitative estimate of drug-likeness (QED) is 0.422. The van der Waals surface area contributed by atoms with Crippen LogP contribution in [0.4, 0.5) is 0 Å². The van der Waals surface area contributed by atoms with Gasteiger partial charge in [-0.2, -0.15) is 0 Å². The summed E-state index contributed by atoms with van der Waals surface area (Å²) in [6, 6.07) is 0. The van der Waals surface area contributed by atoms with Crippen molar-refractivity contribution in [3.63, 3.8) is 0 Å². The Hall–Kier alpha value is -1.31. The van der Waals surface area contributed by atoms with Gasteiger partial charge in [0.1, 0.15) is 9.84 Å². The Balaban J connectivity index is 2.51. The Morgan fingerprint density at radius 1 is 1.19 bits per heavy atom. The maximum Gasteiger partial charge on any atom is 0.219 e. The minimum Gasteiger partial charge on any atom is -0.357 e. The van der Waals surface area contributed by atoms with Crippen LogP contribution < -0.4 is 5.32 Å². The average molecular weight is 318 g/mol. The number of aliphatic imine (C=N–C) groups is 1. The van der Waals surface area contributed by atoms with Gasteiger partial charge >= 0.3 is 0 Å². The molecule has 1 fully saturated rings. The zero-order chi connectivity index (χ0) is 15.9. The molecule has 0 bridgehead atoms. The summed E-state index contributed by atoms with van der Waals surface area (Å²) >= 11 is 0. The van der Waals surface area contributed by atoms with Crippen molar-refractivity contribution in [1.29, 1.82) is 0 Å². The van der Waals surface area contributed by atoms with E-state index in [1.54, 1.807) is 6.92 Å². The van der Waals surface area contributed by atoms with E-state index in [-0.39, 0.29) is 11.7 Å². The van der Waals surface area contributed by atoms with E-state index in [9.17, 15) is 13.2 Å². The fourth-order valence-electron chi connectivity index (χ4n) is 2.17. The number of rotatable bonds is 5. The molecule has 0 aromatic heterocycles. The molecule has 0 aromatic carbocycles. The molecule has 7 nitrogen and oxygen atoms in total. The van der Waals surface area contributed by atoms with E-state index in [0.717, 1.165) is 25.6 Å². The van der Waals surface area contributed by atoms with Crippen LogP contribution in [-0.4, -0.2) is 81.4 Å². The van der Waals surface area contributed by atoms with E-state index in [4.69, 9.17) is 0 Å². The van der Waals surface area contributed by atoms with Crippen LogP contribution in [0.25, 0.3) is 0 Å². The summed E-state index contributed by atoms with van der Waals surface area (Å²) in [6.07, 6.45) is 1.77. The molecule has 1 amide bonds. The summed E-state index contributed by atoms with van der Waals surface area (Å²) in [6.45, 7) is 7.72. The largest absolute Gasteiger partial charge is 0.357 e. The lowest BCUT2D eigenvalue weighted by Gasteiger charge is -2.36. The van der Waals surface area contributed by atoms with Crippen LogP contribution in [-0.2, 0) is 14.6 Å². The van der Waals surface area contributed by atoms with Gasteiger partial charge in [0.25, 0.3) is 0 Å². The Morgan fingerprint density at radius 2 is 1.76 bits per heavy atom. The van der Waals surface area contributed by atoms with Gasteiger partial charge in [0.2, 0.25) is 5.91 Å². The molecule has 0 saturated carbocycles. The molecule has 21 heavy (non-hydrogen) atoms. The standard InChI is InChI=1S/C13H26N4O3S/c1-4-14-13(15-6-5-11-21(3,19)20)17-9-7-16(8-10-17)12(2)18/h4-11H2,1-3H3,(H,14,15). The molecule has 1 aliphatic rings. The minimum atomic E-state index is -2.92. The highest BCUT2D eigenvalue weighted by molar-refractivity contribution is 7.90. The highest BCUT2D eigenvalue weighted by Gasteiger charge is 2.20. The Bertz CT molecular complexity index is 468. The van der Waals surface area contributed by atoms with Gasteiger partial charge in [-0.15, -0.1) is 0 Å². The summed E-state index contributed by atoms with van der Waals surface area (Å²) in [7, 11) is -2.92. The smallest absolute Gasteiger partial charge is 0.219 e. The third-order valence-corrected chi connectivity index (χ3v) is 4.32. The van der Waals surface area contributed by atoms with E-state index in [0.29, 0.717) is 26.1 Å². The lowest BCUT2D eigenvalue weighted by molar-refractivity contribution is -0.130. The van der Waals surface area contributed by atoms with Crippen molar-refractivity contribution < 1.29 is 13.2 Å². The molecule has 1 aliphatic heterocycles. The lowest BCUT2D eigenvalue weighted by Crippen LogP contribution is -2.53. The summed E-state index contributed by atoms with van der Waals surface area (Å²) in [5, 5.41) is 3.22. The van der Waals surface area contributed by atoms with Crippen molar-refractivity contribution in [2.24, 2.45) is 4.99 Å². The first kappa shape index (κ1) is 17.7. The molecular weight excluding hydrogens is 292 g/mol. The Labute approximate surface area is 127 Å². The summed E-state index contributed by atoms with van der Waals surface area (Å²) in [4.78, 5) is 19.7. The van der Waals surface area contributed by atoms with Gasteiger partial charge in [0.15, 0.2) is 5.96 Å². The van der Waals surface area contributed by atoms with E-state index in [1.165, 1.54) is 6.26 Å². The highest BCUT2D eigenvalue weighted by atomic mass is 32.2. The predicted octanol–water partition coefficient (Wildman–Crippen LogP) is -0.449. The van der Waals surface area contributed by atoms with Gasteiger partial charge < -0.3 is 15.1 Å². The van der Waals surface area contributed by atoms with E-state index >= 15 is 0 Å². The topological polar surface area (TPSA) is 82.1 Å². The van der Waals surface area contributed by atoms with Crippen LogP contribution in [0, 0.1) is 0 Å². The first-order valence-corrected chi connectivity index (χ1v) is 9.36. The second-order valence-electron chi connectivity index (χ2n) is 5.21. The number of nitrogens with one attached hydrogen (secondary N) is 1. The van der Waals surface area contributed by atoms with Crippen LogP contribution in [0.5, 0.6) is 0 Å². The SMILES string of the molecule is CCNC(=NCCCS(C)(=O)=O)N1CCN(C(C)=O)CC1. The van der Waals surface area contributed by atoms with Crippen LogP contribution in [0.15, 0.2) is 4.99 Å². The lowest BCUT2D eigenvalue weighted by atomic mass is 10.3. The summed E-state index contributed by atoms with van der Waals surface area (Å²) in [5.74, 6) is 1.06. The van der Waals surface area contributed by atoms with Gasteiger partial charge in [-0.25, -0.2) is 8.42 Å². The van der Waals surface area contributed by atoms with Crippen molar-refractivity contribution in [3.8, 4) is 0 Å². The van der Waals surface area contributed by atoms with Crippen LogP contribution in [0.3, 0.4) is 0 Å². The van der Waals surface area contributed by atoms with Crippen molar-refractivity contribution in [2.45, 2.75) is 20.3 Å². The van der Waals surface area contributed by atoms with Crippen LogP contribution >= 0.6 is 0 Å². The number of guanidine groups is 1. The zero-order valence-electron chi connectivity index (χ0n) is 13.1. The number of carbonyl (C=O) groups is 1. The normalized spacial score (nSPS) is 17.0. The summed E-state index contributed by atoms with van der Waals surface area (Å²) in [5.41, 5.74) is 0. The molecule has 1 saturated heterocycles. The molecule has 0 unspecified atom stereocenters. The highest BCUT2D eigenvalue weighted by Crippen LogP contribution is 2.03. The molecule has 0 radical (unpaired) electrons. The fraction of sp³-hybridized carbons (Fsp3) is 0.846. The third-order valence-electron chi connectivity index (χ3n) is 3.29. The molecule has 1 rings (SSSR count). The molecule has 0 spiro atoms. The first-order valence-electron chi connectivity index (χ1n) is 7.30. The van der Waals surface area contributed by atoms with E-state index in [1.807, 2.05) is 11.8 Å². The number of hydrogen-bond acceptors (Lipinski definition) is 4. The van der Waals surface area contributed by atoms with Gasteiger partial charge in [-0.3, -0.25) is 9.79 Å². The third kappa shape index (κ3) is 6.79. The van der Waals surface area contributed by atoms with Gasteiger partial charge in [0.05, 0.1) is 5.75 Å². The maximum absolute atomic E-state index is 11.3. The number of nitrogens with zero attached hydrogens (tertiary/aromatic N) is 3. The summed E-state index contributed by atoms with van der Waals surface area (Å²) < 4.78 is 22.2. The van der Waals surface area contributed by atoms with E-state index in [2.05, 4.69) is 15.2 Å². The van der Waals surface area contributed by atoms with Gasteiger partial charge in [-0.05, 0) is 13.3 Å². The molecule has 8 heteroatoms. The zero-order valence-corrected chi connectivity index (χ0v) is 13.9. The minimum absolute atomic E-state index is 0.102. The van der Waals surface area contributed by atoms with Crippen LogP contribution in [0.1, 0.15) is 20.3 Å². The number of carbonyl (C=O) groups excluding carboxylic acids is 1. The second-order valence-corrected chi connectivity index (χ2v) is 7.47. The fourth-order valence-corrected chi connectivity index (χ4v) is 2.82. The first-order chi connectivity index (χ1) is 9.83. The van der Waals surface area contributed by atoms with Crippen molar-refractivity contribution in [3.05, 3.63) is 0 Å². The van der Waals surface area contributed by atoms with Gasteiger partial charge in [0, 0.05) is 52.4 Å². The molecule has 0 atom stereocenters. The predicted molar refractivity (Wildman–Crippen MR) is 84.1 cm³/mol.